The molecule has 0 bridgehead atoms. The molecule has 1 rings (SSSR count). The third-order valence-electron chi connectivity index (χ3n) is 3.92. The molecule has 1 fully saturated rings. The van der Waals surface area contributed by atoms with Gasteiger partial charge in [-0.15, -0.1) is 0 Å². The number of rotatable bonds is 4. The van der Waals surface area contributed by atoms with E-state index < -0.39 is 5.60 Å². The zero-order valence-electron chi connectivity index (χ0n) is 12.2. The van der Waals surface area contributed by atoms with Crippen molar-refractivity contribution in [2.45, 2.75) is 83.8 Å². The van der Waals surface area contributed by atoms with Crippen LogP contribution in [0.15, 0.2) is 0 Å². The summed E-state index contributed by atoms with van der Waals surface area (Å²) in [5, 5.41) is 14.1. The van der Waals surface area contributed by atoms with Crippen LogP contribution in [0, 0.1) is 5.92 Å². The highest BCUT2D eigenvalue weighted by Gasteiger charge is 2.31. The largest absolute Gasteiger partial charge is 0.389 e. The van der Waals surface area contributed by atoms with Crippen LogP contribution in [-0.2, 0) is 0 Å². The van der Waals surface area contributed by atoms with Gasteiger partial charge in [-0.05, 0) is 46.0 Å². The maximum absolute atomic E-state index is 10.6. The summed E-state index contributed by atoms with van der Waals surface area (Å²) in [7, 11) is 0. The van der Waals surface area contributed by atoms with E-state index in [4.69, 9.17) is 0 Å². The summed E-state index contributed by atoms with van der Waals surface area (Å²) < 4.78 is 0. The fraction of sp³-hybridized carbons (Fsp3) is 1.00. The van der Waals surface area contributed by atoms with Gasteiger partial charge in [0.05, 0.1) is 5.60 Å². The van der Waals surface area contributed by atoms with E-state index in [9.17, 15) is 5.11 Å². The monoisotopic (exact) mass is 241 g/mol. The van der Waals surface area contributed by atoms with E-state index in [1.807, 2.05) is 0 Å². The number of hydrogen-bond donors (Lipinski definition) is 2. The molecule has 2 nitrogen and oxygen atoms in total. The predicted molar refractivity (Wildman–Crippen MR) is 74.2 cm³/mol. The molecule has 102 valence electrons. The first-order chi connectivity index (χ1) is 7.85. The lowest BCUT2D eigenvalue weighted by Crippen LogP contribution is -2.47. The Hall–Kier alpha value is -0.0800. The van der Waals surface area contributed by atoms with Gasteiger partial charge in [0, 0.05) is 12.1 Å². The fourth-order valence-electron chi connectivity index (χ4n) is 2.77. The number of β-amino-alcohol motifs (C(OH)–C–C–N with tert-alkyl or cyclic N) is 1. The molecule has 2 heteroatoms. The Bertz CT molecular complexity index is 221. The van der Waals surface area contributed by atoms with Crippen LogP contribution in [0.3, 0.4) is 0 Å². The molecule has 0 aliphatic heterocycles. The van der Waals surface area contributed by atoms with Crippen molar-refractivity contribution in [3.05, 3.63) is 0 Å². The van der Waals surface area contributed by atoms with E-state index in [0.717, 1.165) is 25.3 Å². The van der Waals surface area contributed by atoms with Crippen LogP contribution in [0.25, 0.3) is 0 Å². The first kappa shape index (κ1) is 15.0. The Labute approximate surface area is 107 Å². The van der Waals surface area contributed by atoms with Gasteiger partial charge in [0.1, 0.15) is 0 Å². The Morgan fingerprint density at radius 2 is 1.94 bits per heavy atom. The highest BCUT2D eigenvalue weighted by molar-refractivity contribution is 4.87. The van der Waals surface area contributed by atoms with E-state index in [1.54, 1.807) is 0 Å². The summed E-state index contributed by atoms with van der Waals surface area (Å²) in [4.78, 5) is 0. The third-order valence-corrected chi connectivity index (χ3v) is 3.92. The zero-order valence-corrected chi connectivity index (χ0v) is 12.2. The van der Waals surface area contributed by atoms with Crippen LogP contribution in [0.4, 0.5) is 0 Å². The maximum Gasteiger partial charge on any atom is 0.0771 e. The van der Waals surface area contributed by atoms with Crippen molar-refractivity contribution < 1.29 is 5.11 Å². The standard InChI is InChI=1S/C15H31NO/c1-5-7-13-8-6-10-15(17,11-9-13)12-16-14(2,3)4/h13,16-17H,5-12H2,1-4H3. The third kappa shape index (κ3) is 5.87. The van der Waals surface area contributed by atoms with Crippen molar-refractivity contribution in [1.82, 2.24) is 5.32 Å². The number of nitrogens with one attached hydrogen (secondary N) is 1. The van der Waals surface area contributed by atoms with Crippen LogP contribution in [-0.4, -0.2) is 22.8 Å². The van der Waals surface area contributed by atoms with Crippen molar-refractivity contribution in [1.29, 1.82) is 0 Å². The highest BCUT2D eigenvalue weighted by Crippen LogP contribution is 2.32. The minimum atomic E-state index is -0.463. The molecule has 1 saturated carbocycles. The molecule has 0 amide bonds. The molecular formula is C15H31NO. The SMILES string of the molecule is CCCC1CCCC(O)(CNC(C)(C)C)CC1. The maximum atomic E-state index is 10.6. The lowest BCUT2D eigenvalue weighted by molar-refractivity contribution is 0.0187. The minimum absolute atomic E-state index is 0.102. The summed E-state index contributed by atoms with van der Waals surface area (Å²) in [6.07, 6.45) is 8.26. The molecule has 0 aromatic rings. The average molecular weight is 241 g/mol. The summed E-state index contributed by atoms with van der Waals surface area (Å²) in [6, 6.07) is 0. The predicted octanol–water partition coefficient (Wildman–Crippen LogP) is 3.49. The Morgan fingerprint density at radius 1 is 1.24 bits per heavy atom. The van der Waals surface area contributed by atoms with E-state index in [0.29, 0.717) is 0 Å². The molecule has 0 spiro atoms. The molecule has 2 N–H and O–H groups in total. The average Bonchev–Trinajstić information content (AvgIpc) is 2.39. The molecular weight excluding hydrogens is 210 g/mol. The molecule has 0 saturated heterocycles. The molecule has 2 atom stereocenters. The number of hydrogen-bond acceptors (Lipinski definition) is 2. The molecule has 1 aliphatic carbocycles. The van der Waals surface area contributed by atoms with E-state index in [2.05, 4.69) is 33.0 Å². The smallest absolute Gasteiger partial charge is 0.0771 e. The first-order valence-corrected chi connectivity index (χ1v) is 7.32. The second kappa shape index (κ2) is 6.19. The zero-order chi connectivity index (χ0) is 12.9. The van der Waals surface area contributed by atoms with Gasteiger partial charge in [-0.25, -0.2) is 0 Å². The second-order valence-electron chi connectivity index (χ2n) is 6.91. The van der Waals surface area contributed by atoms with Crippen LogP contribution < -0.4 is 5.32 Å². The summed E-state index contributed by atoms with van der Waals surface area (Å²) in [5.74, 6) is 0.851. The van der Waals surface area contributed by atoms with Crippen molar-refractivity contribution in [2.24, 2.45) is 5.92 Å². The minimum Gasteiger partial charge on any atom is -0.389 e. The summed E-state index contributed by atoms with van der Waals surface area (Å²) >= 11 is 0. The molecule has 0 aromatic heterocycles. The van der Waals surface area contributed by atoms with Crippen molar-refractivity contribution in [3.8, 4) is 0 Å². The Morgan fingerprint density at radius 3 is 2.53 bits per heavy atom. The van der Waals surface area contributed by atoms with Crippen molar-refractivity contribution in [2.75, 3.05) is 6.54 Å². The van der Waals surface area contributed by atoms with Gasteiger partial charge in [0.15, 0.2) is 0 Å². The second-order valence-corrected chi connectivity index (χ2v) is 6.91. The lowest BCUT2D eigenvalue weighted by atomic mass is 9.91. The van der Waals surface area contributed by atoms with E-state index in [1.165, 1.54) is 32.1 Å². The molecule has 1 aliphatic rings. The quantitative estimate of drug-likeness (QED) is 0.739. The first-order valence-electron chi connectivity index (χ1n) is 7.32. The fourth-order valence-corrected chi connectivity index (χ4v) is 2.77. The van der Waals surface area contributed by atoms with E-state index in [-0.39, 0.29) is 5.54 Å². The topological polar surface area (TPSA) is 32.3 Å². The van der Waals surface area contributed by atoms with Crippen molar-refractivity contribution in [3.63, 3.8) is 0 Å². The summed E-state index contributed by atoms with van der Waals surface area (Å²) in [5.41, 5.74) is -0.360. The normalized spacial score (nSPS) is 31.2. The Balaban J connectivity index is 2.42. The molecule has 0 heterocycles. The molecule has 0 aromatic carbocycles. The van der Waals surface area contributed by atoms with Gasteiger partial charge >= 0.3 is 0 Å². The van der Waals surface area contributed by atoms with Gasteiger partial charge in [0.2, 0.25) is 0 Å². The summed E-state index contributed by atoms with van der Waals surface area (Å²) in [6.45, 7) is 9.49. The van der Waals surface area contributed by atoms with E-state index >= 15 is 0 Å². The van der Waals surface area contributed by atoms with Gasteiger partial charge in [0.25, 0.3) is 0 Å². The molecule has 0 radical (unpaired) electrons. The van der Waals surface area contributed by atoms with Crippen LogP contribution in [0.2, 0.25) is 0 Å². The van der Waals surface area contributed by atoms with Gasteiger partial charge in [-0.1, -0.05) is 32.6 Å². The lowest BCUT2D eigenvalue weighted by Gasteiger charge is -2.31. The van der Waals surface area contributed by atoms with Crippen LogP contribution >= 0.6 is 0 Å². The molecule has 2 unspecified atom stereocenters. The highest BCUT2D eigenvalue weighted by atomic mass is 16.3. The van der Waals surface area contributed by atoms with Gasteiger partial charge in [-0.2, -0.15) is 0 Å². The van der Waals surface area contributed by atoms with Crippen LogP contribution in [0.1, 0.15) is 72.6 Å². The van der Waals surface area contributed by atoms with Crippen molar-refractivity contribution >= 4 is 0 Å². The van der Waals surface area contributed by atoms with Gasteiger partial charge < -0.3 is 10.4 Å². The molecule has 17 heavy (non-hydrogen) atoms. The van der Waals surface area contributed by atoms with Crippen LogP contribution in [0.5, 0.6) is 0 Å². The van der Waals surface area contributed by atoms with Gasteiger partial charge in [-0.3, -0.25) is 0 Å². The number of aliphatic hydroxyl groups is 1. The Kier molecular flexibility index (Phi) is 5.46.